The van der Waals surface area contributed by atoms with E-state index in [-0.39, 0.29) is 56.9 Å². The van der Waals surface area contributed by atoms with Gasteiger partial charge < -0.3 is 54.7 Å². The second-order valence-electron chi connectivity index (χ2n) is 16.1. The molecule has 9 atom stereocenters. The lowest BCUT2D eigenvalue weighted by molar-refractivity contribution is -0.160. The van der Waals surface area contributed by atoms with Crippen molar-refractivity contribution in [3.63, 3.8) is 0 Å². The fourth-order valence-corrected chi connectivity index (χ4v) is 7.92. The van der Waals surface area contributed by atoms with Crippen LogP contribution in [0, 0.1) is 30.6 Å². The van der Waals surface area contributed by atoms with Crippen LogP contribution in [0.2, 0.25) is 0 Å². The lowest BCUT2D eigenvalue weighted by atomic mass is 9.78. The van der Waals surface area contributed by atoms with Gasteiger partial charge in [0.25, 0.3) is 11.7 Å². The first-order chi connectivity index (χ1) is 27.7. The molecule has 17 heteroatoms. The van der Waals surface area contributed by atoms with Gasteiger partial charge in [0.15, 0.2) is 5.75 Å². The van der Waals surface area contributed by atoms with Crippen molar-refractivity contribution in [2.45, 2.75) is 85.6 Å². The number of methoxy groups -OCH3 is 1. The van der Waals surface area contributed by atoms with Crippen molar-refractivity contribution in [3.8, 4) is 23.0 Å². The number of hydrogen-bond acceptors (Lipinski definition) is 15. The topological polar surface area (TPSA) is 220 Å². The highest BCUT2D eigenvalue weighted by molar-refractivity contribution is 6.23. The fraction of sp³-hybridized carbons (Fsp3) is 0.535. The molecular weight excluding hydrogens is 800 g/mol. The summed E-state index contributed by atoms with van der Waals surface area (Å²) in [5, 5.41) is 66.8. The number of fused-ring (bicyclic) bond motifs is 14. The van der Waals surface area contributed by atoms with E-state index in [2.05, 4.69) is 15.3 Å². The van der Waals surface area contributed by atoms with Gasteiger partial charge in [-0.1, -0.05) is 45.9 Å². The molecule has 6 N–H and O–H groups in total. The van der Waals surface area contributed by atoms with E-state index in [1.54, 1.807) is 44.9 Å². The molecule has 330 valence electrons. The molecule has 0 spiro atoms. The molecule has 0 aliphatic carbocycles. The molecule has 5 bridgehead atoms. The number of rotatable bonds is 4. The van der Waals surface area contributed by atoms with E-state index in [1.165, 1.54) is 59.4 Å². The van der Waals surface area contributed by atoms with Crippen LogP contribution in [0.4, 0.5) is 5.69 Å². The number of carbonyl (C=O) groups excluding carboxylic acids is 3. The lowest BCUT2D eigenvalue weighted by Crippen LogP contribution is -2.46. The van der Waals surface area contributed by atoms with Gasteiger partial charge in [0.1, 0.15) is 23.4 Å². The first-order valence-corrected chi connectivity index (χ1v) is 19.8. The molecular formula is C43H59ClN4O12. The summed E-state index contributed by atoms with van der Waals surface area (Å²) in [6, 6.07) is 0. The summed E-state index contributed by atoms with van der Waals surface area (Å²) in [5.74, 6) is -8.34. The van der Waals surface area contributed by atoms with Crippen LogP contribution in [0.25, 0.3) is 10.8 Å². The Balaban J connectivity index is 0.00000794. The molecule has 1 saturated heterocycles. The Morgan fingerprint density at radius 3 is 2.22 bits per heavy atom. The standard InChI is InChI=1S/C43H58N4O12.ClH/c1-21-12-11-13-22(2)42(55)45-33-28(20-44-47-17-15-46(9)16-18-47)37(52)30-31(38(33)53)36(51)26(6)40-32(30)41(54)43(8,59-40)57-19-14-29(56-10)23(3)39(58-27(7)48)25(5)35(50)24(4)34(21)49;/h11-14,19-21,23-25,29,34-35,39,49-53H,15-18H2,1-10H3,(H,45,55);1H/b12-11+,19-14+,22-13-,44-20-;/t21-,23+,24?,25-,29-,34+,35+,39+,43-;/m0./s1. The molecule has 4 aliphatic heterocycles. The monoisotopic (exact) mass is 858 g/mol. The van der Waals surface area contributed by atoms with Crippen LogP contribution in [0.3, 0.4) is 0 Å². The van der Waals surface area contributed by atoms with Crippen molar-refractivity contribution in [2.24, 2.45) is 28.8 Å². The van der Waals surface area contributed by atoms with E-state index in [1.807, 2.05) is 7.05 Å². The zero-order valence-electron chi connectivity index (χ0n) is 35.8. The SMILES string of the molecule is CO[C@H]1/C=C/O[C@@]2(C)Oc3c(C)c(O)c4c(O)c(c(/C=N\N5CCN(C)CC5)c(O)c4c3C2=O)NC(=O)/C(C)=C\C=C\[C@H](C)[C@@H](O)C(C)[C@@H](O)[C@H](C)[C@H](OC(C)=O)[C@@H]1C.Cl. The molecule has 4 aliphatic rings. The number of phenolic OH excluding ortho intramolecular Hbond substituents is 3. The molecule has 1 amide bonds. The first kappa shape index (κ1) is 47.8. The minimum absolute atomic E-state index is 0. The number of allylic oxidation sites excluding steroid dienone is 2. The summed E-state index contributed by atoms with van der Waals surface area (Å²) in [6.45, 7) is 15.1. The van der Waals surface area contributed by atoms with Gasteiger partial charge in [0.2, 0.25) is 0 Å². The third-order valence-corrected chi connectivity index (χ3v) is 11.9. The van der Waals surface area contributed by atoms with E-state index in [0.717, 1.165) is 13.1 Å². The van der Waals surface area contributed by atoms with Crippen LogP contribution in [-0.4, -0.2) is 130 Å². The Morgan fingerprint density at radius 2 is 1.60 bits per heavy atom. The quantitative estimate of drug-likeness (QED) is 0.106. The Morgan fingerprint density at radius 1 is 0.950 bits per heavy atom. The number of ketones is 1. The molecule has 16 nitrogen and oxygen atoms in total. The molecule has 0 saturated carbocycles. The molecule has 1 fully saturated rings. The molecule has 2 aromatic rings. The van der Waals surface area contributed by atoms with E-state index in [9.17, 15) is 39.9 Å². The summed E-state index contributed by atoms with van der Waals surface area (Å²) >= 11 is 0. The number of hydrazone groups is 1. The van der Waals surface area contributed by atoms with Gasteiger partial charge in [-0.25, -0.2) is 0 Å². The van der Waals surface area contributed by atoms with Crippen LogP contribution in [-0.2, 0) is 23.8 Å². The highest BCUT2D eigenvalue weighted by Gasteiger charge is 2.50. The Labute approximate surface area is 356 Å². The molecule has 6 rings (SSSR count). The molecule has 2 aromatic carbocycles. The second-order valence-corrected chi connectivity index (χ2v) is 16.1. The number of nitrogens with zero attached hydrogens (tertiary/aromatic N) is 3. The molecule has 0 radical (unpaired) electrons. The average molecular weight is 859 g/mol. The number of nitrogens with one attached hydrogen (secondary N) is 1. The Kier molecular flexibility index (Phi) is 15.3. The predicted molar refractivity (Wildman–Crippen MR) is 228 cm³/mol. The number of anilines is 1. The third kappa shape index (κ3) is 9.37. The maximum atomic E-state index is 14.4. The normalized spacial score (nSPS) is 31.5. The Hall–Kier alpha value is -4.87. The number of amides is 1. The van der Waals surface area contributed by atoms with Crippen LogP contribution < -0.4 is 10.1 Å². The summed E-state index contributed by atoms with van der Waals surface area (Å²) in [5.41, 5.74) is -0.350. The fourth-order valence-electron chi connectivity index (χ4n) is 7.92. The van der Waals surface area contributed by atoms with Crippen molar-refractivity contribution >= 4 is 52.7 Å². The van der Waals surface area contributed by atoms with Gasteiger partial charge in [-0.3, -0.25) is 19.4 Å². The van der Waals surface area contributed by atoms with Gasteiger partial charge in [0.05, 0.1) is 53.0 Å². The number of halogens is 1. The summed E-state index contributed by atoms with van der Waals surface area (Å²) < 4.78 is 23.6. The number of aromatic hydroxyl groups is 3. The van der Waals surface area contributed by atoms with Crippen molar-refractivity contribution in [2.75, 3.05) is 45.7 Å². The molecule has 0 aromatic heterocycles. The van der Waals surface area contributed by atoms with Crippen LogP contribution >= 0.6 is 12.4 Å². The van der Waals surface area contributed by atoms with E-state index < -0.39 is 88.8 Å². The largest absolute Gasteiger partial charge is 0.507 e. The van der Waals surface area contributed by atoms with E-state index >= 15 is 0 Å². The number of Topliss-reactive ketones (excluding diaryl/α,β-unsaturated/α-hetero) is 1. The number of ether oxygens (including phenoxy) is 4. The molecule has 1 unspecified atom stereocenters. The number of likely N-dealkylation sites (N-methyl/N-ethyl adjacent to an activating group) is 1. The number of piperazine rings is 1. The number of hydrogen-bond donors (Lipinski definition) is 6. The van der Waals surface area contributed by atoms with Gasteiger partial charge in [-0.15, -0.1) is 12.4 Å². The maximum absolute atomic E-state index is 14.4. The summed E-state index contributed by atoms with van der Waals surface area (Å²) in [4.78, 5) is 42.6. The Bertz CT molecular complexity index is 2080. The minimum Gasteiger partial charge on any atom is -0.507 e. The first-order valence-electron chi connectivity index (χ1n) is 19.8. The molecule has 4 heterocycles. The lowest BCUT2D eigenvalue weighted by Gasteiger charge is -2.38. The minimum atomic E-state index is -2.04. The van der Waals surface area contributed by atoms with Crippen molar-refractivity contribution in [3.05, 3.63) is 52.8 Å². The number of aliphatic hydroxyl groups is 2. The van der Waals surface area contributed by atoms with Crippen molar-refractivity contribution in [1.82, 2.24) is 9.91 Å². The van der Waals surface area contributed by atoms with Crippen molar-refractivity contribution in [1.29, 1.82) is 0 Å². The second kappa shape index (κ2) is 19.2. The van der Waals surface area contributed by atoms with Gasteiger partial charge >= 0.3 is 11.8 Å². The zero-order valence-corrected chi connectivity index (χ0v) is 36.6. The number of carbonyl (C=O) groups is 3. The zero-order chi connectivity index (χ0) is 43.7. The van der Waals surface area contributed by atoms with Gasteiger partial charge in [0, 0.05) is 87.3 Å². The smallest absolute Gasteiger partial charge is 0.312 e. The average Bonchev–Trinajstić information content (AvgIpc) is 3.46. The highest BCUT2D eigenvalue weighted by atomic mass is 35.5. The van der Waals surface area contributed by atoms with Gasteiger partial charge in [-0.05, 0) is 27.0 Å². The highest BCUT2D eigenvalue weighted by Crippen LogP contribution is 2.55. The third-order valence-electron chi connectivity index (χ3n) is 11.9. The van der Waals surface area contributed by atoms with Crippen LogP contribution in [0.5, 0.6) is 23.0 Å². The van der Waals surface area contributed by atoms with E-state index in [0.29, 0.717) is 13.1 Å². The van der Waals surface area contributed by atoms with Gasteiger partial charge in [-0.2, -0.15) is 5.10 Å². The van der Waals surface area contributed by atoms with Crippen LogP contribution in [0.1, 0.15) is 70.0 Å². The number of benzene rings is 2. The maximum Gasteiger partial charge on any atom is 0.312 e. The number of phenols is 3. The predicted octanol–water partition coefficient (Wildman–Crippen LogP) is 4.76. The summed E-state index contributed by atoms with van der Waals surface area (Å²) in [7, 11) is 3.42. The van der Waals surface area contributed by atoms with Crippen molar-refractivity contribution < 1.29 is 58.9 Å². The molecule has 60 heavy (non-hydrogen) atoms. The van der Waals surface area contributed by atoms with Crippen LogP contribution in [0.15, 0.2) is 41.2 Å². The summed E-state index contributed by atoms with van der Waals surface area (Å²) in [6.07, 6.45) is 4.86. The van der Waals surface area contributed by atoms with E-state index in [4.69, 9.17) is 18.9 Å². The number of esters is 1. The number of aliphatic hydroxyl groups excluding tert-OH is 2.